The van der Waals surface area contributed by atoms with Crippen LogP contribution in [0.3, 0.4) is 0 Å². The maximum atomic E-state index is 11.4. The highest BCUT2D eigenvalue weighted by Crippen LogP contribution is 2.26. The van der Waals surface area contributed by atoms with Crippen LogP contribution < -0.4 is 10.6 Å². The molecule has 1 aromatic heterocycles. The first kappa shape index (κ1) is 12.0. The number of H-pyrrole nitrogens is 1. The molecule has 3 rings (SSSR count). The zero-order valence-electron chi connectivity index (χ0n) is 10.00. The molecule has 0 saturated carbocycles. The number of nitrogens with one attached hydrogen (secondary N) is 3. The highest BCUT2D eigenvalue weighted by Gasteiger charge is 2.28. The number of benzene rings is 1. The van der Waals surface area contributed by atoms with E-state index < -0.39 is 12.1 Å². The third-order valence-corrected chi connectivity index (χ3v) is 3.63. The van der Waals surface area contributed by atoms with E-state index in [0.717, 1.165) is 16.5 Å². The smallest absolute Gasteiger partial charge is 0.322 e. The van der Waals surface area contributed by atoms with Gasteiger partial charge in [-0.3, -0.25) is 10.1 Å². The molecule has 0 radical (unpaired) electrons. The van der Waals surface area contributed by atoms with E-state index in [1.54, 1.807) is 0 Å². The predicted molar refractivity (Wildman–Crippen MR) is 72.1 cm³/mol. The lowest BCUT2D eigenvalue weighted by Gasteiger charge is -2.06. The fourth-order valence-electron chi connectivity index (χ4n) is 2.34. The van der Waals surface area contributed by atoms with Gasteiger partial charge in [-0.15, -0.1) is 0 Å². The number of carbonyl (C=O) groups is 2. The highest BCUT2D eigenvalue weighted by molar-refractivity contribution is 6.35. The number of urea groups is 1. The van der Waals surface area contributed by atoms with Crippen LogP contribution in [-0.2, 0) is 11.2 Å². The van der Waals surface area contributed by atoms with Crippen LogP contribution in [0.4, 0.5) is 4.79 Å². The molecule has 3 N–H and O–H groups in total. The molecule has 1 atom stereocenters. The summed E-state index contributed by atoms with van der Waals surface area (Å²) in [6.07, 6.45) is 3.15. The first-order valence-electron chi connectivity index (χ1n) is 6.01. The second kappa shape index (κ2) is 4.59. The summed E-state index contributed by atoms with van der Waals surface area (Å²) in [5.74, 6) is -0.261. The molecule has 1 unspecified atom stereocenters. The lowest BCUT2D eigenvalue weighted by Crippen LogP contribution is -2.29. The zero-order valence-corrected chi connectivity index (χ0v) is 10.8. The first-order chi connectivity index (χ1) is 9.15. The van der Waals surface area contributed by atoms with E-state index in [1.807, 2.05) is 24.4 Å². The Morgan fingerprint density at radius 3 is 2.84 bits per heavy atom. The average molecular weight is 278 g/mol. The Kier molecular flexibility index (Phi) is 2.91. The van der Waals surface area contributed by atoms with Crippen molar-refractivity contribution < 1.29 is 9.59 Å². The molecule has 1 aliphatic heterocycles. The number of aryl methyl sites for hydroxylation is 1. The Balaban J connectivity index is 1.77. The fourth-order valence-corrected chi connectivity index (χ4v) is 2.57. The van der Waals surface area contributed by atoms with Crippen LogP contribution in [0.15, 0.2) is 24.4 Å². The Morgan fingerprint density at radius 2 is 2.11 bits per heavy atom. The van der Waals surface area contributed by atoms with Gasteiger partial charge in [-0.1, -0.05) is 23.7 Å². The van der Waals surface area contributed by atoms with Gasteiger partial charge in [0, 0.05) is 11.6 Å². The van der Waals surface area contributed by atoms with E-state index >= 15 is 0 Å². The Morgan fingerprint density at radius 1 is 1.26 bits per heavy atom. The SMILES string of the molecule is O=C1NC(=O)C(CCc2c[nH]c3c(Cl)cccc23)N1. The van der Waals surface area contributed by atoms with Crippen molar-refractivity contribution in [1.29, 1.82) is 0 Å². The van der Waals surface area contributed by atoms with Crippen molar-refractivity contribution in [3.05, 3.63) is 35.0 Å². The van der Waals surface area contributed by atoms with E-state index in [2.05, 4.69) is 15.6 Å². The van der Waals surface area contributed by atoms with Crippen LogP contribution in [-0.4, -0.2) is 23.0 Å². The van der Waals surface area contributed by atoms with E-state index in [-0.39, 0.29) is 5.91 Å². The number of aromatic amines is 1. The van der Waals surface area contributed by atoms with Gasteiger partial charge in [-0.05, 0) is 24.5 Å². The van der Waals surface area contributed by atoms with E-state index in [4.69, 9.17) is 11.6 Å². The summed E-state index contributed by atoms with van der Waals surface area (Å²) in [5.41, 5.74) is 1.99. The number of fused-ring (bicyclic) bond motifs is 1. The molecule has 0 bridgehead atoms. The second-order valence-electron chi connectivity index (χ2n) is 4.53. The van der Waals surface area contributed by atoms with Gasteiger partial charge in [0.05, 0.1) is 10.5 Å². The summed E-state index contributed by atoms with van der Waals surface area (Å²) < 4.78 is 0. The summed E-state index contributed by atoms with van der Waals surface area (Å²) in [4.78, 5) is 25.6. The van der Waals surface area contributed by atoms with Crippen molar-refractivity contribution in [2.45, 2.75) is 18.9 Å². The summed E-state index contributed by atoms with van der Waals surface area (Å²) >= 11 is 6.09. The number of halogens is 1. The lowest BCUT2D eigenvalue weighted by atomic mass is 10.0. The summed E-state index contributed by atoms with van der Waals surface area (Å²) in [6, 6.07) is 4.84. The van der Waals surface area contributed by atoms with Crippen molar-refractivity contribution in [2.75, 3.05) is 0 Å². The summed E-state index contributed by atoms with van der Waals surface area (Å²) in [6.45, 7) is 0. The van der Waals surface area contributed by atoms with Gasteiger partial charge in [-0.2, -0.15) is 0 Å². The highest BCUT2D eigenvalue weighted by atomic mass is 35.5. The van der Waals surface area contributed by atoms with Crippen molar-refractivity contribution in [2.24, 2.45) is 0 Å². The molecule has 3 amide bonds. The number of hydrogen-bond donors (Lipinski definition) is 3. The largest absolute Gasteiger partial charge is 0.360 e. The minimum atomic E-state index is -0.448. The predicted octanol–water partition coefficient (Wildman–Crippen LogP) is 1.96. The molecule has 6 heteroatoms. The average Bonchev–Trinajstić information content (AvgIpc) is 2.91. The third-order valence-electron chi connectivity index (χ3n) is 3.31. The maximum absolute atomic E-state index is 11.4. The molecule has 19 heavy (non-hydrogen) atoms. The molecule has 1 fully saturated rings. The zero-order chi connectivity index (χ0) is 13.4. The molecule has 98 valence electrons. The van der Waals surface area contributed by atoms with Crippen LogP contribution in [0.25, 0.3) is 10.9 Å². The number of hydrogen-bond acceptors (Lipinski definition) is 2. The molecule has 2 heterocycles. The summed E-state index contributed by atoms with van der Waals surface area (Å²) in [5, 5.41) is 6.54. The van der Waals surface area contributed by atoms with Gasteiger partial charge < -0.3 is 10.3 Å². The fraction of sp³-hybridized carbons (Fsp3) is 0.231. The van der Waals surface area contributed by atoms with Crippen molar-refractivity contribution >= 4 is 34.4 Å². The number of aromatic nitrogens is 1. The second-order valence-corrected chi connectivity index (χ2v) is 4.94. The van der Waals surface area contributed by atoms with Gasteiger partial charge in [0.25, 0.3) is 5.91 Å². The summed E-state index contributed by atoms with van der Waals surface area (Å²) in [7, 11) is 0. The number of imide groups is 1. The van der Waals surface area contributed by atoms with Crippen LogP contribution in [0.1, 0.15) is 12.0 Å². The molecule has 0 aliphatic carbocycles. The minimum Gasteiger partial charge on any atom is -0.360 e. The number of para-hydroxylation sites is 1. The quantitative estimate of drug-likeness (QED) is 0.750. The normalized spacial score (nSPS) is 18.7. The van der Waals surface area contributed by atoms with E-state index in [0.29, 0.717) is 17.9 Å². The van der Waals surface area contributed by atoms with Crippen molar-refractivity contribution in [3.8, 4) is 0 Å². The van der Waals surface area contributed by atoms with Crippen molar-refractivity contribution in [3.63, 3.8) is 0 Å². The Labute approximate surface area is 114 Å². The van der Waals surface area contributed by atoms with Gasteiger partial charge in [0.2, 0.25) is 0 Å². The van der Waals surface area contributed by atoms with Crippen LogP contribution in [0.2, 0.25) is 5.02 Å². The standard InChI is InChI=1S/C13H12ClN3O2/c14-9-3-1-2-8-7(6-15-11(8)9)4-5-10-12(18)17-13(19)16-10/h1-3,6,10,15H,4-5H2,(H2,16,17,18,19). The first-order valence-corrected chi connectivity index (χ1v) is 6.39. The monoisotopic (exact) mass is 277 g/mol. The van der Waals surface area contributed by atoms with E-state index in [1.165, 1.54) is 0 Å². The van der Waals surface area contributed by atoms with Gasteiger partial charge in [0.1, 0.15) is 6.04 Å². The van der Waals surface area contributed by atoms with Crippen molar-refractivity contribution in [1.82, 2.24) is 15.6 Å². The van der Waals surface area contributed by atoms with Crippen LogP contribution >= 0.6 is 11.6 Å². The molecule has 1 aromatic carbocycles. The van der Waals surface area contributed by atoms with Gasteiger partial charge in [0.15, 0.2) is 0 Å². The molecular formula is C13H12ClN3O2. The molecule has 0 spiro atoms. The van der Waals surface area contributed by atoms with E-state index in [9.17, 15) is 9.59 Å². The molecular weight excluding hydrogens is 266 g/mol. The Hall–Kier alpha value is -2.01. The third kappa shape index (κ3) is 2.17. The molecule has 1 aliphatic rings. The Bertz CT molecular complexity index is 665. The number of rotatable bonds is 3. The topological polar surface area (TPSA) is 74.0 Å². The molecule has 2 aromatic rings. The van der Waals surface area contributed by atoms with Crippen LogP contribution in [0, 0.1) is 0 Å². The number of carbonyl (C=O) groups excluding carboxylic acids is 2. The maximum Gasteiger partial charge on any atom is 0.322 e. The minimum absolute atomic E-state index is 0.261. The van der Waals surface area contributed by atoms with Gasteiger partial charge >= 0.3 is 6.03 Å². The molecule has 5 nitrogen and oxygen atoms in total. The molecule has 1 saturated heterocycles. The number of amides is 3. The van der Waals surface area contributed by atoms with Gasteiger partial charge in [-0.25, -0.2) is 4.79 Å². The van der Waals surface area contributed by atoms with Crippen LogP contribution in [0.5, 0.6) is 0 Å². The lowest BCUT2D eigenvalue weighted by molar-refractivity contribution is -0.120.